The number of halogens is 1. The van der Waals surface area contributed by atoms with E-state index in [0.29, 0.717) is 6.54 Å². The zero-order valence-corrected chi connectivity index (χ0v) is 17.3. The predicted molar refractivity (Wildman–Crippen MR) is 116 cm³/mol. The normalized spacial score (nSPS) is 14.9. The lowest BCUT2D eigenvalue weighted by atomic mass is 10.1. The summed E-state index contributed by atoms with van der Waals surface area (Å²) in [5.74, 6) is 0.155. The van der Waals surface area contributed by atoms with Crippen LogP contribution in [0.25, 0.3) is 11.3 Å². The van der Waals surface area contributed by atoms with Gasteiger partial charge in [0.2, 0.25) is 5.91 Å². The number of amides is 1. The van der Waals surface area contributed by atoms with Crippen LogP contribution in [0.15, 0.2) is 60.8 Å². The minimum atomic E-state index is 0.155. The van der Waals surface area contributed by atoms with Crippen LogP contribution in [0.1, 0.15) is 18.1 Å². The second-order valence-corrected chi connectivity index (χ2v) is 7.85. The summed E-state index contributed by atoms with van der Waals surface area (Å²) in [6, 6.07) is 18.2. The molecule has 0 aliphatic carbocycles. The molecule has 1 aliphatic heterocycles. The number of aromatic nitrogens is 2. The van der Waals surface area contributed by atoms with Gasteiger partial charge in [0.25, 0.3) is 0 Å². The number of carbonyl (C=O) groups is 1. The first kappa shape index (κ1) is 19.7. The quantitative estimate of drug-likeness (QED) is 0.642. The van der Waals surface area contributed by atoms with Crippen LogP contribution in [0, 0.1) is 0 Å². The van der Waals surface area contributed by atoms with Crippen molar-refractivity contribution in [1.29, 1.82) is 0 Å². The zero-order valence-electron chi connectivity index (χ0n) is 16.6. The van der Waals surface area contributed by atoms with Gasteiger partial charge >= 0.3 is 0 Å². The molecule has 0 N–H and O–H groups in total. The van der Waals surface area contributed by atoms with Crippen LogP contribution in [0.3, 0.4) is 0 Å². The van der Waals surface area contributed by atoms with Crippen molar-refractivity contribution in [3.05, 3.63) is 76.9 Å². The molecule has 1 amide bonds. The summed E-state index contributed by atoms with van der Waals surface area (Å²) < 4.78 is 1.98. The van der Waals surface area contributed by atoms with Gasteiger partial charge < -0.3 is 4.90 Å². The van der Waals surface area contributed by atoms with E-state index in [2.05, 4.69) is 23.2 Å². The average molecular weight is 409 g/mol. The maximum Gasteiger partial charge on any atom is 0.219 e. The summed E-state index contributed by atoms with van der Waals surface area (Å²) in [6.45, 7) is 6.42. The van der Waals surface area contributed by atoms with Gasteiger partial charge in [-0.05, 0) is 11.6 Å². The third-order valence-electron chi connectivity index (χ3n) is 5.39. The largest absolute Gasteiger partial charge is 0.340 e. The van der Waals surface area contributed by atoms with E-state index in [-0.39, 0.29) is 5.91 Å². The standard InChI is InChI=1S/C23H25ClN4O/c1-18(29)27-13-11-26(12-14-27)15-21-17-28(16-20-9-5-6-10-22(20)24)25-23(21)19-7-3-2-4-8-19/h2-10,17H,11-16H2,1H3. The van der Waals surface area contributed by atoms with Gasteiger partial charge in [0.1, 0.15) is 0 Å². The van der Waals surface area contributed by atoms with E-state index in [4.69, 9.17) is 16.7 Å². The van der Waals surface area contributed by atoms with E-state index in [0.717, 1.165) is 54.6 Å². The fraction of sp³-hybridized carbons (Fsp3) is 0.304. The maximum absolute atomic E-state index is 11.6. The molecular formula is C23H25ClN4O. The van der Waals surface area contributed by atoms with E-state index in [1.807, 2.05) is 52.0 Å². The molecule has 1 aromatic heterocycles. The molecular weight excluding hydrogens is 384 g/mol. The van der Waals surface area contributed by atoms with Gasteiger partial charge in [-0.15, -0.1) is 0 Å². The number of rotatable bonds is 5. The second kappa shape index (κ2) is 8.80. The SMILES string of the molecule is CC(=O)N1CCN(Cc2cn(Cc3ccccc3Cl)nc2-c2ccccc2)CC1. The van der Waals surface area contributed by atoms with Gasteiger partial charge in [-0.3, -0.25) is 14.4 Å². The molecule has 2 heterocycles. The van der Waals surface area contributed by atoms with Crippen LogP contribution in [-0.4, -0.2) is 51.7 Å². The van der Waals surface area contributed by atoms with E-state index in [9.17, 15) is 4.79 Å². The molecule has 0 saturated carbocycles. The lowest BCUT2D eigenvalue weighted by Crippen LogP contribution is -2.47. The molecule has 0 spiro atoms. The third kappa shape index (κ3) is 4.69. The van der Waals surface area contributed by atoms with Crippen molar-refractivity contribution in [2.24, 2.45) is 0 Å². The van der Waals surface area contributed by atoms with Crippen LogP contribution in [-0.2, 0) is 17.9 Å². The number of hydrogen-bond donors (Lipinski definition) is 0. The zero-order chi connectivity index (χ0) is 20.2. The Morgan fingerprint density at radius 2 is 1.62 bits per heavy atom. The number of benzene rings is 2. The first-order valence-corrected chi connectivity index (χ1v) is 10.3. The number of piperazine rings is 1. The monoisotopic (exact) mass is 408 g/mol. The lowest BCUT2D eigenvalue weighted by Gasteiger charge is -2.34. The minimum absolute atomic E-state index is 0.155. The summed E-state index contributed by atoms with van der Waals surface area (Å²) in [4.78, 5) is 15.9. The van der Waals surface area contributed by atoms with E-state index in [1.54, 1.807) is 6.92 Å². The Balaban J connectivity index is 1.57. The highest BCUT2D eigenvalue weighted by Gasteiger charge is 2.21. The summed E-state index contributed by atoms with van der Waals surface area (Å²) >= 11 is 6.35. The van der Waals surface area contributed by atoms with E-state index >= 15 is 0 Å². The van der Waals surface area contributed by atoms with Gasteiger partial charge in [0.05, 0.1) is 12.2 Å². The van der Waals surface area contributed by atoms with Gasteiger partial charge in [0.15, 0.2) is 0 Å². The highest BCUT2D eigenvalue weighted by molar-refractivity contribution is 6.31. The van der Waals surface area contributed by atoms with Crippen LogP contribution < -0.4 is 0 Å². The van der Waals surface area contributed by atoms with Crippen molar-refractivity contribution in [2.75, 3.05) is 26.2 Å². The molecule has 150 valence electrons. The molecule has 3 aromatic rings. The summed E-state index contributed by atoms with van der Waals surface area (Å²) in [6.07, 6.45) is 2.13. The third-order valence-corrected chi connectivity index (χ3v) is 5.76. The Hall–Kier alpha value is -2.63. The molecule has 6 heteroatoms. The first-order chi connectivity index (χ1) is 14.1. The molecule has 1 aliphatic rings. The highest BCUT2D eigenvalue weighted by atomic mass is 35.5. The summed E-state index contributed by atoms with van der Waals surface area (Å²) in [5.41, 5.74) is 4.37. The molecule has 29 heavy (non-hydrogen) atoms. The Labute approximate surface area is 176 Å². The molecule has 2 aromatic carbocycles. The van der Waals surface area contributed by atoms with Gasteiger partial charge in [0, 0.05) is 62.0 Å². The Bertz CT molecular complexity index is 978. The molecule has 5 nitrogen and oxygen atoms in total. The number of carbonyl (C=O) groups excluding carboxylic acids is 1. The van der Waals surface area contributed by atoms with Gasteiger partial charge in [-0.2, -0.15) is 5.10 Å². The topological polar surface area (TPSA) is 41.4 Å². The van der Waals surface area contributed by atoms with Crippen molar-refractivity contribution < 1.29 is 4.79 Å². The van der Waals surface area contributed by atoms with Crippen molar-refractivity contribution in [2.45, 2.75) is 20.0 Å². The number of hydrogen-bond acceptors (Lipinski definition) is 3. The summed E-state index contributed by atoms with van der Waals surface area (Å²) in [7, 11) is 0. The van der Waals surface area contributed by atoms with Crippen molar-refractivity contribution in [3.8, 4) is 11.3 Å². The lowest BCUT2D eigenvalue weighted by molar-refractivity contribution is -0.130. The fourth-order valence-electron chi connectivity index (χ4n) is 3.76. The van der Waals surface area contributed by atoms with Crippen molar-refractivity contribution >= 4 is 17.5 Å². The molecule has 1 saturated heterocycles. The molecule has 0 unspecified atom stereocenters. The predicted octanol–water partition coefficient (Wildman–Crippen LogP) is 3.92. The summed E-state index contributed by atoms with van der Waals surface area (Å²) in [5, 5.41) is 5.65. The van der Waals surface area contributed by atoms with Crippen molar-refractivity contribution in [3.63, 3.8) is 0 Å². The second-order valence-electron chi connectivity index (χ2n) is 7.44. The van der Waals surface area contributed by atoms with Crippen LogP contribution >= 0.6 is 11.6 Å². The Kier molecular flexibility index (Phi) is 5.97. The van der Waals surface area contributed by atoms with Gasteiger partial charge in [-0.25, -0.2) is 0 Å². The maximum atomic E-state index is 11.6. The van der Waals surface area contributed by atoms with Crippen LogP contribution in [0.5, 0.6) is 0 Å². The van der Waals surface area contributed by atoms with E-state index < -0.39 is 0 Å². The smallest absolute Gasteiger partial charge is 0.219 e. The van der Waals surface area contributed by atoms with Gasteiger partial charge in [-0.1, -0.05) is 60.1 Å². The van der Waals surface area contributed by atoms with Crippen molar-refractivity contribution in [1.82, 2.24) is 19.6 Å². The average Bonchev–Trinajstić information content (AvgIpc) is 3.13. The Morgan fingerprint density at radius 3 is 2.31 bits per heavy atom. The van der Waals surface area contributed by atoms with Crippen LogP contribution in [0.4, 0.5) is 0 Å². The molecule has 0 atom stereocenters. The number of nitrogens with zero attached hydrogens (tertiary/aromatic N) is 4. The highest BCUT2D eigenvalue weighted by Crippen LogP contribution is 2.25. The molecule has 0 bridgehead atoms. The fourth-order valence-corrected chi connectivity index (χ4v) is 3.96. The first-order valence-electron chi connectivity index (χ1n) is 9.93. The molecule has 1 fully saturated rings. The Morgan fingerprint density at radius 1 is 0.931 bits per heavy atom. The minimum Gasteiger partial charge on any atom is -0.340 e. The van der Waals surface area contributed by atoms with Crippen LogP contribution in [0.2, 0.25) is 5.02 Å². The molecule has 0 radical (unpaired) electrons. The van der Waals surface area contributed by atoms with E-state index in [1.165, 1.54) is 5.56 Å². The molecule has 4 rings (SSSR count).